The topological polar surface area (TPSA) is 83.5 Å². The first kappa shape index (κ1) is 16.4. The maximum Gasteiger partial charge on any atom is 0.303 e. The standard InChI is InChI=1S/C10H10Cl3NO4S/c11-6-4-7(12)10(8(13)5-6)14-19(17,18)3-1-2-9(15)16/h4-5,14H,1-3H2,(H,15,16). The van der Waals surface area contributed by atoms with Crippen LogP contribution in [0.1, 0.15) is 12.8 Å². The normalized spacial score (nSPS) is 11.3. The molecule has 106 valence electrons. The van der Waals surface area contributed by atoms with E-state index >= 15 is 0 Å². The van der Waals surface area contributed by atoms with E-state index in [2.05, 4.69) is 4.72 Å². The number of hydrogen-bond acceptors (Lipinski definition) is 3. The van der Waals surface area contributed by atoms with Crippen molar-refractivity contribution in [2.24, 2.45) is 0 Å². The summed E-state index contributed by atoms with van der Waals surface area (Å²) in [6.45, 7) is 0. The zero-order chi connectivity index (χ0) is 14.6. The van der Waals surface area contributed by atoms with Gasteiger partial charge in [0.25, 0.3) is 0 Å². The van der Waals surface area contributed by atoms with Crippen LogP contribution in [0.3, 0.4) is 0 Å². The van der Waals surface area contributed by atoms with Crippen molar-refractivity contribution in [1.82, 2.24) is 0 Å². The quantitative estimate of drug-likeness (QED) is 0.828. The number of carboxylic acids is 1. The predicted molar refractivity (Wildman–Crippen MR) is 75.8 cm³/mol. The van der Waals surface area contributed by atoms with E-state index in [0.717, 1.165) is 0 Å². The summed E-state index contributed by atoms with van der Waals surface area (Å²) in [6, 6.07) is 2.70. The summed E-state index contributed by atoms with van der Waals surface area (Å²) in [5.41, 5.74) is 0.0306. The first-order valence-electron chi connectivity index (χ1n) is 5.08. The average molecular weight is 347 g/mol. The van der Waals surface area contributed by atoms with Crippen molar-refractivity contribution in [3.05, 3.63) is 27.2 Å². The Kier molecular flexibility index (Phi) is 5.73. The van der Waals surface area contributed by atoms with Crippen LogP contribution < -0.4 is 4.72 Å². The molecule has 0 amide bonds. The highest BCUT2D eigenvalue weighted by Gasteiger charge is 2.16. The SMILES string of the molecule is O=C(O)CCCS(=O)(=O)Nc1c(Cl)cc(Cl)cc1Cl. The van der Waals surface area contributed by atoms with Crippen LogP contribution in [0.4, 0.5) is 5.69 Å². The largest absolute Gasteiger partial charge is 0.481 e. The molecule has 19 heavy (non-hydrogen) atoms. The van der Waals surface area contributed by atoms with Crippen LogP contribution in [0.15, 0.2) is 12.1 Å². The van der Waals surface area contributed by atoms with Gasteiger partial charge < -0.3 is 5.11 Å². The summed E-state index contributed by atoms with van der Waals surface area (Å²) >= 11 is 17.4. The smallest absolute Gasteiger partial charge is 0.303 e. The van der Waals surface area contributed by atoms with Gasteiger partial charge in [-0.05, 0) is 18.6 Å². The second-order valence-corrected chi connectivity index (χ2v) is 6.76. The number of benzene rings is 1. The summed E-state index contributed by atoms with van der Waals surface area (Å²) in [5.74, 6) is -1.40. The van der Waals surface area contributed by atoms with Crippen molar-refractivity contribution in [2.45, 2.75) is 12.8 Å². The Morgan fingerprint density at radius 3 is 2.21 bits per heavy atom. The molecule has 0 saturated carbocycles. The third-order valence-corrected chi connectivity index (χ3v) is 4.22. The Bertz CT molecular complexity index is 565. The number of carbonyl (C=O) groups is 1. The predicted octanol–water partition coefficient (Wildman–Crippen LogP) is 3.25. The molecule has 0 saturated heterocycles. The number of nitrogens with one attached hydrogen (secondary N) is 1. The number of carboxylic acid groups (broad SMARTS) is 1. The second kappa shape index (κ2) is 6.65. The monoisotopic (exact) mass is 345 g/mol. The van der Waals surface area contributed by atoms with Crippen molar-refractivity contribution >= 4 is 56.5 Å². The molecule has 0 heterocycles. The molecule has 0 spiro atoms. The molecule has 1 aromatic rings. The molecule has 0 bridgehead atoms. The third-order valence-electron chi connectivity index (χ3n) is 2.07. The Balaban J connectivity index is 2.81. The second-order valence-electron chi connectivity index (χ2n) is 3.66. The van der Waals surface area contributed by atoms with Crippen LogP contribution in [0.25, 0.3) is 0 Å². The third kappa shape index (κ3) is 5.44. The number of anilines is 1. The zero-order valence-electron chi connectivity index (χ0n) is 9.49. The number of sulfonamides is 1. The summed E-state index contributed by atoms with van der Waals surface area (Å²) in [6.07, 6.45) is -0.240. The van der Waals surface area contributed by atoms with Gasteiger partial charge in [-0.2, -0.15) is 0 Å². The van der Waals surface area contributed by atoms with E-state index in [-0.39, 0.29) is 39.3 Å². The van der Waals surface area contributed by atoms with Crippen LogP contribution in [0.2, 0.25) is 15.1 Å². The molecule has 0 radical (unpaired) electrons. The minimum absolute atomic E-state index is 0.00645. The van der Waals surface area contributed by atoms with Gasteiger partial charge in [-0.25, -0.2) is 8.42 Å². The van der Waals surface area contributed by atoms with Gasteiger partial charge in [0.1, 0.15) is 0 Å². The molecule has 2 N–H and O–H groups in total. The fourth-order valence-corrected chi connectivity index (χ4v) is 3.44. The maximum atomic E-state index is 11.7. The lowest BCUT2D eigenvalue weighted by Crippen LogP contribution is -2.18. The summed E-state index contributed by atoms with van der Waals surface area (Å²) < 4.78 is 25.6. The van der Waals surface area contributed by atoms with Crippen LogP contribution in [-0.4, -0.2) is 25.2 Å². The molecule has 1 rings (SSSR count). The molecule has 1 aromatic carbocycles. The Labute approximate surface area is 125 Å². The molecular weight excluding hydrogens is 337 g/mol. The van der Waals surface area contributed by atoms with Crippen LogP contribution >= 0.6 is 34.8 Å². The van der Waals surface area contributed by atoms with E-state index in [0.29, 0.717) is 0 Å². The van der Waals surface area contributed by atoms with Gasteiger partial charge in [0.15, 0.2) is 0 Å². The molecule has 0 aliphatic carbocycles. The molecule has 0 aliphatic rings. The minimum atomic E-state index is -3.71. The summed E-state index contributed by atoms with van der Waals surface area (Å²) in [7, 11) is -3.71. The van der Waals surface area contributed by atoms with Crippen molar-refractivity contribution < 1.29 is 18.3 Å². The number of hydrogen-bond donors (Lipinski definition) is 2. The van der Waals surface area contributed by atoms with E-state index in [1.54, 1.807) is 0 Å². The van der Waals surface area contributed by atoms with Gasteiger partial charge in [-0.3, -0.25) is 9.52 Å². The van der Waals surface area contributed by atoms with Gasteiger partial charge in [0.05, 0.1) is 21.5 Å². The highest BCUT2D eigenvalue weighted by Crippen LogP contribution is 2.34. The van der Waals surface area contributed by atoms with Crippen LogP contribution in [0.5, 0.6) is 0 Å². The summed E-state index contributed by atoms with van der Waals surface area (Å²) in [5, 5.41) is 8.87. The molecule has 0 aliphatic heterocycles. The summed E-state index contributed by atoms with van der Waals surface area (Å²) in [4.78, 5) is 10.3. The van der Waals surface area contributed by atoms with E-state index in [1.807, 2.05) is 0 Å². The molecule has 0 unspecified atom stereocenters. The first-order chi connectivity index (χ1) is 8.71. The van der Waals surface area contributed by atoms with Gasteiger partial charge in [-0.15, -0.1) is 0 Å². The highest BCUT2D eigenvalue weighted by molar-refractivity contribution is 7.92. The van der Waals surface area contributed by atoms with Crippen molar-refractivity contribution in [3.8, 4) is 0 Å². The lowest BCUT2D eigenvalue weighted by Gasteiger charge is -2.11. The Hall–Kier alpha value is -0.690. The molecule has 0 aromatic heterocycles. The van der Waals surface area contributed by atoms with E-state index < -0.39 is 16.0 Å². The fourth-order valence-electron chi connectivity index (χ4n) is 1.26. The molecule has 5 nitrogen and oxygen atoms in total. The average Bonchev–Trinajstić information content (AvgIpc) is 2.22. The lowest BCUT2D eigenvalue weighted by atomic mass is 10.3. The molecule has 0 fully saturated rings. The molecular formula is C10H10Cl3NO4S. The van der Waals surface area contributed by atoms with E-state index in [9.17, 15) is 13.2 Å². The van der Waals surface area contributed by atoms with Crippen molar-refractivity contribution in [3.63, 3.8) is 0 Å². The van der Waals surface area contributed by atoms with Crippen LogP contribution in [0, 0.1) is 0 Å². The van der Waals surface area contributed by atoms with Crippen molar-refractivity contribution in [2.75, 3.05) is 10.5 Å². The number of aliphatic carboxylic acids is 1. The molecule has 0 atom stereocenters. The van der Waals surface area contributed by atoms with Gasteiger partial charge in [0, 0.05) is 11.4 Å². The van der Waals surface area contributed by atoms with E-state index in [4.69, 9.17) is 39.9 Å². The lowest BCUT2D eigenvalue weighted by molar-refractivity contribution is -0.137. The first-order valence-corrected chi connectivity index (χ1v) is 7.87. The van der Waals surface area contributed by atoms with Gasteiger partial charge in [-0.1, -0.05) is 34.8 Å². The number of rotatable bonds is 6. The minimum Gasteiger partial charge on any atom is -0.481 e. The maximum absolute atomic E-state index is 11.7. The van der Waals surface area contributed by atoms with Gasteiger partial charge in [0.2, 0.25) is 10.0 Å². The Morgan fingerprint density at radius 2 is 1.74 bits per heavy atom. The van der Waals surface area contributed by atoms with E-state index in [1.165, 1.54) is 12.1 Å². The fraction of sp³-hybridized carbons (Fsp3) is 0.300. The van der Waals surface area contributed by atoms with Crippen molar-refractivity contribution in [1.29, 1.82) is 0 Å². The Morgan fingerprint density at radius 1 is 1.21 bits per heavy atom. The zero-order valence-corrected chi connectivity index (χ0v) is 12.6. The highest BCUT2D eigenvalue weighted by atomic mass is 35.5. The van der Waals surface area contributed by atoms with Crippen LogP contribution in [-0.2, 0) is 14.8 Å². The van der Waals surface area contributed by atoms with Gasteiger partial charge >= 0.3 is 5.97 Å². The number of halogens is 3. The molecule has 9 heteroatoms.